The highest BCUT2D eigenvalue weighted by Gasteiger charge is 2.01. The van der Waals surface area contributed by atoms with Gasteiger partial charge in [-0.25, -0.2) is 0 Å². The van der Waals surface area contributed by atoms with Gasteiger partial charge in [0, 0.05) is 5.02 Å². The molecule has 0 spiro atoms. The molecule has 1 atom stereocenters. The zero-order chi connectivity index (χ0) is 8.27. The van der Waals surface area contributed by atoms with Crippen molar-refractivity contribution in [2.24, 2.45) is 0 Å². The minimum atomic E-state index is 0.619. The second-order valence-corrected chi connectivity index (χ2v) is 3.30. The zero-order valence-corrected chi connectivity index (χ0v) is 7.73. The van der Waals surface area contributed by atoms with E-state index >= 15 is 0 Å². The summed E-state index contributed by atoms with van der Waals surface area (Å²) >= 11 is 5.85. The van der Waals surface area contributed by atoms with Crippen LogP contribution in [0, 0.1) is 0 Å². The molecule has 1 heteroatoms. The molecule has 1 aromatic rings. The van der Waals surface area contributed by atoms with Crippen molar-refractivity contribution in [3.05, 3.63) is 34.9 Å². The second kappa shape index (κ2) is 3.77. The molecule has 0 bridgehead atoms. The summed E-state index contributed by atoms with van der Waals surface area (Å²) < 4.78 is 0. The summed E-state index contributed by atoms with van der Waals surface area (Å²) in [4.78, 5) is 0. The van der Waals surface area contributed by atoms with Crippen molar-refractivity contribution < 1.29 is 0 Å². The van der Waals surface area contributed by atoms with Gasteiger partial charge in [0.05, 0.1) is 0 Å². The highest BCUT2D eigenvalue weighted by atomic mass is 35.5. The van der Waals surface area contributed by atoms with Crippen LogP contribution in [-0.4, -0.2) is 0 Å². The van der Waals surface area contributed by atoms with Crippen LogP contribution in [0.2, 0.25) is 5.02 Å². The predicted molar refractivity (Wildman–Crippen MR) is 50.2 cm³/mol. The minimum Gasteiger partial charge on any atom is -0.0843 e. The van der Waals surface area contributed by atoms with Crippen molar-refractivity contribution in [1.29, 1.82) is 0 Å². The van der Waals surface area contributed by atoms with Crippen LogP contribution in [0.4, 0.5) is 0 Å². The molecule has 0 aliphatic carbocycles. The summed E-state index contributed by atoms with van der Waals surface area (Å²) in [6.45, 7) is 4.40. The second-order valence-electron chi connectivity index (χ2n) is 2.86. The SMILES string of the molecule is CC[C@H](C)c1cccc(Cl)c1. The lowest BCUT2D eigenvalue weighted by atomic mass is 9.99. The van der Waals surface area contributed by atoms with E-state index in [1.54, 1.807) is 0 Å². The van der Waals surface area contributed by atoms with Gasteiger partial charge in [-0.3, -0.25) is 0 Å². The Morgan fingerprint density at radius 1 is 1.45 bits per heavy atom. The van der Waals surface area contributed by atoms with Gasteiger partial charge in [-0.15, -0.1) is 0 Å². The van der Waals surface area contributed by atoms with Crippen LogP contribution in [0.3, 0.4) is 0 Å². The van der Waals surface area contributed by atoms with E-state index in [0.29, 0.717) is 5.92 Å². The van der Waals surface area contributed by atoms with E-state index in [1.165, 1.54) is 12.0 Å². The van der Waals surface area contributed by atoms with Gasteiger partial charge in [-0.1, -0.05) is 37.6 Å². The molecule has 0 radical (unpaired) electrons. The largest absolute Gasteiger partial charge is 0.0843 e. The Morgan fingerprint density at radius 3 is 2.73 bits per heavy atom. The lowest BCUT2D eigenvalue weighted by Gasteiger charge is -2.07. The third kappa shape index (κ3) is 2.23. The quantitative estimate of drug-likeness (QED) is 0.629. The van der Waals surface area contributed by atoms with Crippen molar-refractivity contribution in [2.75, 3.05) is 0 Å². The number of hydrogen-bond acceptors (Lipinski definition) is 0. The van der Waals surface area contributed by atoms with E-state index in [-0.39, 0.29) is 0 Å². The average Bonchev–Trinajstić information content (AvgIpc) is 2.03. The smallest absolute Gasteiger partial charge is 0.0408 e. The van der Waals surface area contributed by atoms with Crippen LogP contribution < -0.4 is 0 Å². The highest BCUT2D eigenvalue weighted by molar-refractivity contribution is 6.30. The van der Waals surface area contributed by atoms with Crippen molar-refractivity contribution in [2.45, 2.75) is 26.2 Å². The van der Waals surface area contributed by atoms with Crippen molar-refractivity contribution in [1.82, 2.24) is 0 Å². The molecule has 0 unspecified atom stereocenters. The Hall–Kier alpha value is -0.490. The molecule has 0 amide bonds. The predicted octanol–water partition coefficient (Wildman–Crippen LogP) is 3.85. The van der Waals surface area contributed by atoms with Crippen LogP contribution in [0.1, 0.15) is 31.7 Å². The van der Waals surface area contributed by atoms with E-state index in [1.807, 2.05) is 18.2 Å². The summed E-state index contributed by atoms with van der Waals surface area (Å²) in [6.07, 6.45) is 1.17. The molecule has 0 heterocycles. The summed E-state index contributed by atoms with van der Waals surface area (Å²) in [5.41, 5.74) is 1.33. The third-order valence-corrected chi connectivity index (χ3v) is 2.27. The minimum absolute atomic E-state index is 0.619. The van der Waals surface area contributed by atoms with Crippen LogP contribution in [-0.2, 0) is 0 Å². The Balaban J connectivity index is 2.86. The monoisotopic (exact) mass is 168 g/mol. The van der Waals surface area contributed by atoms with Crippen LogP contribution in [0.15, 0.2) is 24.3 Å². The molecule has 11 heavy (non-hydrogen) atoms. The van der Waals surface area contributed by atoms with Gasteiger partial charge >= 0.3 is 0 Å². The first kappa shape index (κ1) is 8.61. The van der Waals surface area contributed by atoms with Gasteiger partial charge < -0.3 is 0 Å². The van der Waals surface area contributed by atoms with Gasteiger partial charge in [0.25, 0.3) is 0 Å². The topological polar surface area (TPSA) is 0 Å². The summed E-state index contributed by atoms with van der Waals surface area (Å²) in [5, 5.41) is 0.836. The maximum Gasteiger partial charge on any atom is 0.0408 e. The maximum atomic E-state index is 5.85. The fraction of sp³-hybridized carbons (Fsp3) is 0.400. The number of rotatable bonds is 2. The Kier molecular flexibility index (Phi) is 2.95. The lowest BCUT2D eigenvalue weighted by molar-refractivity contribution is 0.734. The summed E-state index contributed by atoms with van der Waals surface area (Å²) in [5.74, 6) is 0.619. The fourth-order valence-electron chi connectivity index (χ4n) is 1.05. The number of benzene rings is 1. The van der Waals surface area contributed by atoms with Gasteiger partial charge in [0.1, 0.15) is 0 Å². The molecule has 0 aliphatic heterocycles. The standard InChI is InChI=1S/C10H13Cl/c1-3-8(2)9-5-4-6-10(11)7-9/h4-8H,3H2,1-2H3/t8-/m0/s1. The Bertz CT molecular complexity index is 230. The number of hydrogen-bond donors (Lipinski definition) is 0. The maximum absolute atomic E-state index is 5.85. The van der Waals surface area contributed by atoms with Crippen LogP contribution in [0.5, 0.6) is 0 Å². The van der Waals surface area contributed by atoms with E-state index in [0.717, 1.165) is 5.02 Å². The summed E-state index contributed by atoms with van der Waals surface area (Å²) in [6, 6.07) is 8.08. The molecule has 0 N–H and O–H groups in total. The molecule has 0 aliphatic rings. The molecular formula is C10H13Cl. The van der Waals surface area contributed by atoms with E-state index in [9.17, 15) is 0 Å². The fourth-order valence-corrected chi connectivity index (χ4v) is 1.25. The molecule has 60 valence electrons. The summed E-state index contributed by atoms with van der Waals surface area (Å²) in [7, 11) is 0. The molecule has 0 aromatic heterocycles. The molecule has 1 rings (SSSR count). The third-order valence-electron chi connectivity index (χ3n) is 2.03. The van der Waals surface area contributed by atoms with Crippen LogP contribution >= 0.6 is 11.6 Å². The molecular weight excluding hydrogens is 156 g/mol. The molecule has 0 saturated carbocycles. The van der Waals surface area contributed by atoms with Crippen molar-refractivity contribution in [3.8, 4) is 0 Å². The van der Waals surface area contributed by atoms with Gasteiger partial charge in [0.2, 0.25) is 0 Å². The van der Waals surface area contributed by atoms with Gasteiger partial charge in [0.15, 0.2) is 0 Å². The zero-order valence-electron chi connectivity index (χ0n) is 6.97. The molecule has 1 aromatic carbocycles. The van der Waals surface area contributed by atoms with E-state index in [4.69, 9.17) is 11.6 Å². The average molecular weight is 169 g/mol. The lowest BCUT2D eigenvalue weighted by Crippen LogP contribution is -1.89. The van der Waals surface area contributed by atoms with Crippen molar-refractivity contribution >= 4 is 11.6 Å². The Morgan fingerprint density at radius 2 is 2.18 bits per heavy atom. The van der Waals surface area contributed by atoms with Crippen LogP contribution in [0.25, 0.3) is 0 Å². The normalized spacial score (nSPS) is 13.0. The molecule has 0 saturated heterocycles. The van der Waals surface area contributed by atoms with Gasteiger partial charge in [-0.2, -0.15) is 0 Å². The number of halogens is 1. The first-order chi connectivity index (χ1) is 5.24. The Labute approximate surface area is 73.2 Å². The highest BCUT2D eigenvalue weighted by Crippen LogP contribution is 2.21. The first-order valence-corrected chi connectivity index (χ1v) is 4.37. The van der Waals surface area contributed by atoms with Crippen molar-refractivity contribution in [3.63, 3.8) is 0 Å². The molecule has 0 nitrogen and oxygen atoms in total. The first-order valence-electron chi connectivity index (χ1n) is 3.99. The van der Waals surface area contributed by atoms with E-state index in [2.05, 4.69) is 19.9 Å². The van der Waals surface area contributed by atoms with E-state index < -0.39 is 0 Å². The van der Waals surface area contributed by atoms with Gasteiger partial charge in [-0.05, 0) is 30.0 Å². The molecule has 0 fully saturated rings.